The van der Waals surface area contributed by atoms with Crippen LogP contribution in [0.4, 0.5) is 0 Å². The van der Waals surface area contributed by atoms with E-state index in [0.717, 1.165) is 12.8 Å². The van der Waals surface area contributed by atoms with E-state index in [9.17, 15) is 4.79 Å². The minimum absolute atomic E-state index is 0.0613. The summed E-state index contributed by atoms with van der Waals surface area (Å²) in [6.45, 7) is 4.46. The molecule has 0 aromatic heterocycles. The summed E-state index contributed by atoms with van der Waals surface area (Å²) in [4.78, 5) is 11.4. The zero-order valence-corrected chi connectivity index (χ0v) is 9.38. The molecule has 0 aromatic carbocycles. The molecule has 0 aromatic rings. The maximum absolute atomic E-state index is 11.4. The second-order valence-corrected chi connectivity index (χ2v) is 3.49. The lowest BCUT2D eigenvalue weighted by Crippen LogP contribution is -2.39. The Morgan fingerprint density at radius 3 is 2.64 bits per heavy atom. The van der Waals surface area contributed by atoms with Crippen molar-refractivity contribution >= 4 is 5.91 Å². The van der Waals surface area contributed by atoms with Gasteiger partial charge in [-0.1, -0.05) is 6.92 Å². The van der Waals surface area contributed by atoms with Crippen LogP contribution in [0, 0.1) is 0 Å². The van der Waals surface area contributed by atoms with Crippen molar-refractivity contribution in [3.63, 3.8) is 0 Å². The Morgan fingerprint density at radius 1 is 1.57 bits per heavy atom. The standard InChI is InChI=1S/C10H22N2O2/c1-4-9(7-11)12-10(13)6-5-8(2)14-3/h8-9H,4-7,11H2,1-3H3,(H,12,13). The van der Waals surface area contributed by atoms with Gasteiger partial charge in [0.2, 0.25) is 5.91 Å². The fraction of sp³-hybridized carbons (Fsp3) is 0.900. The van der Waals surface area contributed by atoms with Crippen LogP contribution in [0.15, 0.2) is 0 Å². The van der Waals surface area contributed by atoms with Crippen LogP contribution in [0.2, 0.25) is 0 Å². The molecule has 0 saturated heterocycles. The minimum Gasteiger partial charge on any atom is -0.382 e. The van der Waals surface area contributed by atoms with Crippen molar-refractivity contribution in [3.05, 3.63) is 0 Å². The van der Waals surface area contributed by atoms with Gasteiger partial charge in [0.25, 0.3) is 0 Å². The lowest BCUT2D eigenvalue weighted by atomic mass is 10.2. The number of methoxy groups -OCH3 is 1. The number of carbonyl (C=O) groups is 1. The van der Waals surface area contributed by atoms with Crippen LogP contribution in [-0.2, 0) is 9.53 Å². The number of hydrogen-bond acceptors (Lipinski definition) is 3. The van der Waals surface area contributed by atoms with Crippen LogP contribution in [0.1, 0.15) is 33.1 Å². The summed E-state index contributed by atoms with van der Waals surface area (Å²) in [5.74, 6) is 0.0613. The predicted molar refractivity (Wildman–Crippen MR) is 57.0 cm³/mol. The largest absolute Gasteiger partial charge is 0.382 e. The number of rotatable bonds is 7. The third kappa shape index (κ3) is 5.94. The molecule has 0 rings (SSSR count). The van der Waals surface area contributed by atoms with Crippen LogP contribution in [0.25, 0.3) is 0 Å². The summed E-state index contributed by atoms with van der Waals surface area (Å²) in [6, 6.07) is 0.111. The molecule has 0 heterocycles. The van der Waals surface area contributed by atoms with Crippen LogP contribution in [-0.4, -0.2) is 31.7 Å². The highest BCUT2D eigenvalue weighted by Gasteiger charge is 2.09. The summed E-state index contributed by atoms with van der Waals surface area (Å²) in [6.07, 6.45) is 2.27. The summed E-state index contributed by atoms with van der Waals surface area (Å²) in [5.41, 5.74) is 5.47. The number of carbonyl (C=O) groups excluding carboxylic acids is 1. The average Bonchev–Trinajstić information content (AvgIpc) is 2.22. The highest BCUT2D eigenvalue weighted by Crippen LogP contribution is 2.00. The Balaban J connectivity index is 3.64. The van der Waals surface area contributed by atoms with E-state index in [2.05, 4.69) is 5.32 Å². The Bertz CT molecular complexity index is 158. The Kier molecular flexibility index (Phi) is 7.42. The molecule has 0 saturated carbocycles. The van der Waals surface area contributed by atoms with E-state index in [0.29, 0.717) is 13.0 Å². The Morgan fingerprint density at radius 2 is 2.21 bits per heavy atom. The molecule has 14 heavy (non-hydrogen) atoms. The zero-order valence-electron chi connectivity index (χ0n) is 9.38. The van der Waals surface area contributed by atoms with E-state index < -0.39 is 0 Å². The number of hydrogen-bond donors (Lipinski definition) is 2. The van der Waals surface area contributed by atoms with Crippen molar-refractivity contribution in [2.24, 2.45) is 5.73 Å². The van der Waals surface area contributed by atoms with Crippen LogP contribution < -0.4 is 11.1 Å². The van der Waals surface area contributed by atoms with Gasteiger partial charge in [-0.2, -0.15) is 0 Å². The molecule has 0 aliphatic rings. The molecule has 4 nitrogen and oxygen atoms in total. The second-order valence-electron chi connectivity index (χ2n) is 3.49. The normalized spacial score (nSPS) is 14.9. The molecule has 0 fully saturated rings. The highest BCUT2D eigenvalue weighted by atomic mass is 16.5. The molecular weight excluding hydrogens is 180 g/mol. The number of amides is 1. The number of nitrogens with two attached hydrogens (primary N) is 1. The maximum atomic E-state index is 11.4. The third-order valence-electron chi connectivity index (χ3n) is 2.32. The van der Waals surface area contributed by atoms with Gasteiger partial charge in [-0.25, -0.2) is 0 Å². The van der Waals surface area contributed by atoms with Crippen molar-refractivity contribution in [3.8, 4) is 0 Å². The van der Waals surface area contributed by atoms with Crippen molar-refractivity contribution in [2.45, 2.75) is 45.3 Å². The van der Waals surface area contributed by atoms with Gasteiger partial charge in [-0.05, 0) is 19.8 Å². The first-order valence-electron chi connectivity index (χ1n) is 5.16. The molecule has 84 valence electrons. The highest BCUT2D eigenvalue weighted by molar-refractivity contribution is 5.76. The summed E-state index contributed by atoms with van der Waals surface area (Å²) < 4.78 is 5.05. The van der Waals surface area contributed by atoms with E-state index in [1.165, 1.54) is 0 Å². The van der Waals surface area contributed by atoms with Gasteiger partial charge >= 0.3 is 0 Å². The predicted octanol–water partition coefficient (Wildman–Crippen LogP) is 0.655. The average molecular weight is 202 g/mol. The SMILES string of the molecule is CCC(CN)NC(=O)CCC(C)OC. The smallest absolute Gasteiger partial charge is 0.220 e. The quantitative estimate of drug-likeness (QED) is 0.637. The first-order chi connectivity index (χ1) is 6.63. The van der Waals surface area contributed by atoms with Gasteiger partial charge in [0.1, 0.15) is 0 Å². The molecule has 4 heteroatoms. The first kappa shape index (κ1) is 13.4. The third-order valence-corrected chi connectivity index (χ3v) is 2.32. The lowest BCUT2D eigenvalue weighted by molar-refractivity contribution is -0.122. The van der Waals surface area contributed by atoms with Gasteiger partial charge in [0.05, 0.1) is 6.10 Å². The van der Waals surface area contributed by atoms with Crippen LogP contribution >= 0.6 is 0 Å². The van der Waals surface area contributed by atoms with Crippen molar-refractivity contribution in [1.82, 2.24) is 5.32 Å². The molecule has 2 atom stereocenters. The van der Waals surface area contributed by atoms with Crippen molar-refractivity contribution in [2.75, 3.05) is 13.7 Å². The van der Waals surface area contributed by atoms with E-state index in [-0.39, 0.29) is 18.1 Å². The molecule has 1 amide bonds. The van der Waals surface area contributed by atoms with Crippen LogP contribution in [0.5, 0.6) is 0 Å². The van der Waals surface area contributed by atoms with Crippen LogP contribution in [0.3, 0.4) is 0 Å². The fourth-order valence-corrected chi connectivity index (χ4v) is 1.08. The van der Waals surface area contributed by atoms with E-state index in [1.54, 1.807) is 7.11 Å². The summed E-state index contributed by atoms with van der Waals surface area (Å²) >= 11 is 0. The van der Waals surface area contributed by atoms with E-state index in [1.807, 2.05) is 13.8 Å². The first-order valence-corrected chi connectivity index (χ1v) is 5.16. The Labute approximate surface area is 86.2 Å². The topological polar surface area (TPSA) is 64.3 Å². The van der Waals surface area contributed by atoms with Gasteiger partial charge < -0.3 is 15.8 Å². The maximum Gasteiger partial charge on any atom is 0.220 e. The van der Waals surface area contributed by atoms with Crippen molar-refractivity contribution in [1.29, 1.82) is 0 Å². The summed E-state index contributed by atoms with van der Waals surface area (Å²) in [7, 11) is 1.65. The molecule has 0 aliphatic heterocycles. The molecule has 0 radical (unpaired) electrons. The monoisotopic (exact) mass is 202 g/mol. The molecule has 2 unspecified atom stereocenters. The zero-order chi connectivity index (χ0) is 11.0. The van der Waals surface area contributed by atoms with Gasteiger partial charge in [0.15, 0.2) is 0 Å². The molecular formula is C10H22N2O2. The van der Waals surface area contributed by atoms with Gasteiger partial charge in [-0.3, -0.25) is 4.79 Å². The van der Waals surface area contributed by atoms with E-state index in [4.69, 9.17) is 10.5 Å². The number of ether oxygens (including phenoxy) is 1. The Hall–Kier alpha value is -0.610. The van der Waals surface area contributed by atoms with Crippen molar-refractivity contribution < 1.29 is 9.53 Å². The van der Waals surface area contributed by atoms with E-state index >= 15 is 0 Å². The number of nitrogens with one attached hydrogen (secondary N) is 1. The lowest BCUT2D eigenvalue weighted by Gasteiger charge is -2.15. The minimum atomic E-state index is 0.0613. The fourth-order valence-electron chi connectivity index (χ4n) is 1.08. The second kappa shape index (κ2) is 7.76. The molecule has 3 N–H and O–H groups in total. The molecule has 0 bridgehead atoms. The molecule has 0 spiro atoms. The molecule has 0 aliphatic carbocycles. The van der Waals surface area contributed by atoms with Gasteiger partial charge in [-0.15, -0.1) is 0 Å². The summed E-state index contributed by atoms with van der Waals surface area (Å²) in [5, 5.41) is 2.88. The van der Waals surface area contributed by atoms with Gasteiger partial charge in [0, 0.05) is 26.1 Å².